The van der Waals surface area contributed by atoms with E-state index in [9.17, 15) is 8.78 Å². The van der Waals surface area contributed by atoms with Crippen molar-refractivity contribution in [3.63, 3.8) is 0 Å². The summed E-state index contributed by atoms with van der Waals surface area (Å²) in [5.41, 5.74) is 2.15. The molecule has 3 aromatic heterocycles. The van der Waals surface area contributed by atoms with Crippen LogP contribution in [0, 0.1) is 18.6 Å². The highest BCUT2D eigenvalue weighted by molar-refractivity contribution is 5.83. The molecule has 0 amide bonds. The minimum atomic E-state index is -0.647. The first-order valence-electron chi connectivity index (χ1n) is 12.4. The van der Waals surface area contributed by atoms with Crippen LogP contribution in [0.15, 0.2) is 36.7 Å². The molecule has 37 heavy (non-hydrogen) atoms. The van der Waals surface area contributed by atoms with E-state index in [2.05, 4.69) is 35.5 Å². The second-order valence-corrected chi connectivity index (χ2v) is 9.74. The molecule has 0 radical (unpaired) electrons. The van der Waals surface area contributed by atoms with Gasteiger partial charge in [0.25, 0.3) is 0 Å². The van der Waals surface area contributed by atoms with Gasteiger partial charge in [-0.3, -0.25) is 0 Å². The zero-order chi connectivity index (χ0) is 25.7. The lowest BCUT2D eigenvalue weighted by Gasteiger charge is -2.25. The zero-order valence-electron chi connectivity index (χ0n) is 20.9. The maximum absolute atomic E-state index is 14.9. The number of nitrogens with one attached hydrogen (secondary N) is 2. The van der Waals surface area contributed by atoms with E-state index >= 15 is 0 Å². The van der Waals surface area contributed by atoms with E-state index in [0.717, 1.165) is 38.1 Å². The van der Waals surface area contributed by atoms with E-state index in [1.807, 2.05) is 37.5 Å². The van der Waals surface area contributed by atoms with Gasteiger partial charge >= 0.3 is 0 Å². The van der Waals surface area contributed by atoms with Crippen molar-refractivity contribution < 1.29 is 13.5 Å². The molecule has 4 aromatic rings. The minimum absolute atomic E-state index is 0.00347. The molecule has 0 bridgehead atoms. The third-order valence-corrected chi connectivity index (χ3v) is 6.92. The van der Waals surface area contributed by atoms with Gasteiger partial charge in [-0.1, -0.05) is 0 Å². The Kier molecular flexibility index (Phi) is 5.96. The number of pyridine rings is 1. The van der Waals surface area contributed by atoms with Crippen molar-refractivity contribution in [2.75, 3.05) is 36.5 Å². The number of ether oxygens (including phenoxy) is 1. The van der Waals surface area contributed by atoms with Crippen molar-refractivity contribution in [2.24, 2.45) is 0 Å². The van der Waals surface area contributed by atoms with Gasteiger partial charge in [-0.25, -0.2) is 28.7 Å². The molecule has 5 heterocycles. The number of nitrogens with zero attached hydrogens (tertiary/aromatic N) is 6. The fourth-order valence-corrected chi connectivity index (χ4v) is 5.25. The number of imidazole rings is 1. The summed E-state index contributed by atoms with van der Waals surface area (Å²) >= 11 is 0. The highest BCUT2D eigenvalue weighted by atomic mass is 19.1. The predicted octanol–water partition coefficient (Wildman–Crippen LogP) is 3.98. The number of fused-ring (bicyclic) bond motifs is 2. The first-order chi connectivity index (χ1) is 17.9. The zero-order valence-corrected chi connectivity index (χ0v) is 20.9. The standard InChI is InChI=1S/C26H28F2N8O/c1-14(2)36-15(3)32-25-18(27)8-16(9-21(25)36)24-19(28)11-31-26(34-24)33-23-5-4-17(10-30-23)35-12-20-22(13-35)37-7-6-29-20/h4-5,8-11,14,20,22,29H,6-7,12-13H2,1-3H3,(H,30,31,33,34). The lowest BCUT2D eigenvalue weighted by atomic mass is 10.1. The summed E-state index contributed by atoms with van der Waals surface area (Å²) in [6.07, 6.45) is 3.04. The van der Waals surface area contributed by atoms with Crippen molar-refractivity contribution >= 4 is 28.5 Å². The second kappa shape index (κ2) is 9.31. The van der Waals surface area contributed by atoms with E-state index in [4.69, 9.17) is 4.74 Å². The third kappa shape index (κ3) is 4.38. The average Bonchev–Trinajstić information content (AvgIpc) is 3.46. The van der Waals surface area contributed by atoms with E-state index in [1.165, 1.54) is 6.07 Å². The highest BCUT2D eigenvalue weighted by Crippen LogP contribution is 2.31. The monoisotopic (exact) mass is 506 g/mol. The Morgan fingerprint density at radius 2 is 1.95 bits per heavy atom. The topological polar surface area (TPSA) is 93.0 Å². The first-order valence-corrected chi connectivity index (χ1v) is 12.4. The molecule has 2 N–H and O–H groups in total. The molecule has 2 atom stereocenters. The normalized spacial score (nSPS) is 19.6. The maximum Gasteiger partial charge on any atom is 0.229 e. The molecule has 6 rings (SSSR count). The van der Waals surface area contributed by atoms with Crippen molar-refractivity contribution in [3.8, 4) is 11.3 Å². The molecule has 1 aromatic carbocycles. The summed E-state index contributed by atoms with van der Waals surface area (Å²) in [6, 6.07) is 7.16. The maximum atomic E-state index is 14.9. The molecule has 0 saturated carbocycles. The summed E-state index contributed by atoms with van der Waals surface area (Å²) in [4.78, 5) is 19.5. The van der Waals surface area contributed by atoms with Crippen LogP contribution in [-0.2, 0) is 4.74 Å². The fraction of sp³-hybridized carbons (Fsp3) is 0.385. The molecule has 2 aliphatic rings. The van der Waals surface area contributed by atoms with E-state index in [-0.39, 0.29) is 29.3 Å². The number of anilines is 3. The van der Waals surface area contributed by atoms with Gasteiger partial charge in [0.05, 0.1) is 42.4 Å². The van der Waals surface area contributed by atoms with Crippen LogP contribution in [0.3, 0.4) is 0 Å². The lowest BCUT2D eigenvalue weighted by Crippen LogP contribution is -2.47. The first kappa shape index (κ1) is 23.7. The molecule has 2 saturated heterocycles. The Labute approximate surface area is 212 Å². The van der Waals surface area contributed by atoms with Gasteiger partial charge in [0.15, 0.2) is 11.6 Å². The number of hydrogen-bond donors (Lipinski definition) is 2. The Balaban J connectivity index is 1.25. The summed E-state index contributed by atoms with van der Waals surface area (Å²) in [6.45, 7) is 9.09. The molecule has 9 nitrogen and oxygen atoms in total. The Morgan fingerprint density at radius 3 is 2.70 bits per heavy atom. The molecule has 2 fully saturated rings. The number of hydrogen-bond acceptors (Lipinski definition) is 8. The van der Waals surface area contributed by atoms with Crippen molar-refractivity contribution in [3.05, 3.63) is 54.1 Å². The number of aryl methyl sites for hydroxylation is 1. The highest BCUT2D eigenvalue weighted by Gasteiger charge is 2.35. The predicted molar refractivity (Wildman–Crippen MR) is 137 cm³/mol. The van der Waals surface area contributed by atoms with Crippen molar-refractivity contribution in [1.82, 2.24) is 29.8 Å². The Hall–Kier alpha value is -3.70. The minimum Gasteiger partial charge on any atom is -0.373 e. The SMILES string of the molecule is Cc1nc2c(F)cc(-c3nc(Nc4ccc(N5CC6NCCOC6C5)cn4)ncc3F)cc2n1C(C)C. The van der Waals surface area contributed by atoms with Gasteiger partial charge in [-0.05, 0) is 45.0 Å². The van der Waals surface area contributed by atoms with Crippen LogP contribution in [0.1, 0.15) is 25.7 Å². The Morgan fingerprint density at radius 1 is 1.08 bits per heavy atom. The van der Waals surface area contributed by atoms with E-state index in [1.54, 1.807) is 12.3 Å². The van der Waals surface area contributed by atoms with E-state index in [0.29, 0.717) is 28.8 Å². The van der Waals surface area contributed by atoms with Gasteiger partial charge in [-0.15, -0.1) is 0 Å². The van der Waals surface area contributed by atoms with Crippen LogP contribution in [-0.4, -0.2) is 62.9 Å². The van der Waals surface area contributed by atoms with Gasteiger partial charge in [-0.2, -0.15) is 0 Å². The number of halogens is 2. The Bertz CT molecular complexity index is 1440. The molecule has 11 heteroatoms. The molecule has 2 aliphatic heterocycles. The number of morpholine rings is 1. The van der Waals surface area contributed by atoms with Crippen molar-refractivity contribution in [2.45, 2.75) is 39.0 Å². The quantitative estimate of drug-likeness (QED) is 0.420. The van der Waals surface area contributed by atoms with Gasteiger partial charge < -0.3 is 24.8 Å². The summed E-state index contributed by atoms with van der Waals surface area (Å²) < 4.78 is 37.5. The fourth-order valence-electron chi connectivity index (χ4n) is 5.25. The lowest BCUT2D eigenvalue weighted by molar-refractivity contribution is 0.0212. The molecular weight excluding hydrogens is 478 g/mol. The smallest absolute Gasteiger partial charge is 0.229 e. The number of benzene rings is 1. The number of aromatic nitrogens is 5. The van der Waals surface area contributed by atoms with Gasteiger partial charge in [0.1, 0.15) is 22.9 Å². The molecule has 192 valence electrons. The van der Waals surface area contributed by atoms with Gasteiger partial charge in [0, 0.05) is 31.2 Å². The molecule has 2 unspecified atom stereocenters. The molecule has 0 spiro atoms. The summed E-state index contributed by atoms with van der Waals surface area (Å²) in [5, 5.41) is 6.52. The van der Waals surface area contributed by atoms with E-state index < -0.39 is 11.6 Å². The average molecular weight is 507 g/mol. The second-order valence-electron chi connectivity index (χ2n) is 9.74. The van der Waals surface area contributed by atoms with Crippen LogP contribution in [0.2, 0.25) is 0 Å². The van der Waals surface area contributed by atoms with Crippen LogP contribution in [0.4, 0.5) is 26.2 Å². The molecular formula is C26H28F2N8O. The van der Waals surface area contributed by atoms with Crippen LogP contribution in [0.5, 0.6) is 0 Å². The molecule has 0 aliphatic carbocycles. The summed E-state index contributed by atoms with van der Waals surface area (Å²) in [7, 11) is 0. The summed E-state index contributed by atoms with van der Waals surface area (Å²) in [5.74, 6) is 0.198. The largest absolute Gasteiger partial charge is 0.373 e. The van der Waals surface area contributed by atoms with Crippen molar-refractivity contribution in [1.29, 1.82) is 0 Å². The van der Waals surface area contributed by atoms with Crippen LogP contribution >= 0.6 is 0 Å². The number of rotatable bonds is 5. The van der Waals surface area contributed by atoms with Gasteiger partial charge in [0.2, 0.25) is 5.95 Å². The van der Waals surface area contributed by atoms with Crippen LogP contribution < -0.4 is 15.5 Å². The third-order valence-electron chi connectivity index (χ3n) is 6.92. The van der Waals surface area contributed by atoms with Crippen LogP contribution in [0.25, 0.3) is 22.3 Å².